The largest absolute Gasteiger partial charge is 0.493 e. The van der Waals surface area contributed by atoms with Crippen LogP contribution in [0.25, 0.3) is 11.3 Å². The molecule has 1 fully saturated rings. The van der Waals surface area contributed by atoms with Gasteiger partial charge in [0.2, 0.25) is 11.7 Å². The molecule has 1 aromatic heterocycles. The van der Waals surface area contributed by atoms with Crippen molar-refractivity contribution >= 4 is 5.91 Å². The van der Waals surface area contributed by atoms with Gasteiger partial charge in [-0.3, -0.25) is 4.79 Å². The highest BCUT2D eigenvalue weighted by Crippen LogP contribution is 2.38. The Morgan fingerprint density at radius 3 is 2.32 bits per heavy atom. The molecule has 2 aromatic carbocycles. The predicted octanol–water partition coefficient (Wildman–Crippen LogP) is 4.02. The number of rotatable bonds is 8. The fraction of sp³-hybridized carbons (Fsp3) is 0.357. The molecule has 0 saturated carbocycles. The van der Waals surface area contributed by atoms with Crippen LogP contribution in [-0.4, -0.2) is 61.3 Å². The van der Waals surface area contributed by atoms with Gasteiger partial charge < -0.3 is 23.8 Å². The van der Waals surface area contributed by atoms with Crippen molar-refractivity contribution in [2.75, 3.05) is 34.4 Å². The number of ether oxygens (including phenoxy) is 4. The summed E-state index contributed by atoms with van der Waals surface area (Å²) in [4.78, 5) is 22.5. The highest BCUT2D eigenvalue weighted by atomic mass is 16.5. The van der Waals surface area contributed by atoms with E-state index in [0.717, 1.165) is 24.0 Å². The molecule has 9 nitrogen and oxygen atoms in total. The Kier molecular flexibility index (Phi) is 8.08. The Morgan fingerprint density at radius 1 is 1.03 bits per heavy atom. The van der Waals surface area contributed by atoms with E-state index in [2.05, 4.69) is 11.1 Å². The molecule has 0 unspecified atom stereocenters. The third-order valence-electron chi connectivity index (χ3n) is 6.37. The lowest BCUT2D eigenvalue weighted by atomic mass is 10.1. The number of hydrogen-bond acceptors (Lipinski definition) is 8. The van der Waals surface area contributed by atoms with Crippen molar-refractivity contribution in [2.45, 2.75) is 32.3 Å². The van der Waals surface area contributed by atoms with Gasteiger partial charge in [-0.1, -0.05) is 0 Å². The second-order valence-electron chi connectivity index (χ2n) is 8.71. The zero-order chi connectivity index (χ0) is 26.4. The van der Waals surface area contributed by atoms with Crippen LogP contribution >= 0.6 is 0 Å². The Morgan fingerprint density at radius 2 is 1.73 bits per heavy atom. The van der Waals surface area contributed by atoms with Gasteiger partial charge in [0.15, 0.2) is 11.5 Å². The van der Waals surface area contributed by atoms with E-state index in [9.17, 15) is 10.1 Å². The lowest BCUT2D eigenvalue weighted by molar-refractivity contribution is -0.130. The maximum absolute atomic E-state index is 11.6. The van der Waals surface area contributed by atoms with Gasteiger partial charge in [0.1, 0.15) is 23.7 Å². The maximum Gasteiger partial charge on any atom is 0.219 e. The lowest BCUT2D eigenvalue weighted by Gasteiger charge is -2.31. The van der Waals surface area contributed by atoms with Gasteiger partial charge in [-0.25, -0.2) is 9.97 Å². The average molecular weight is 503 g/mol. The van der Waals surface area contributed by atoms with Crippen LogP contribution < -0.4 is 18.9 Å². The van der Waals surface area contributed by atoms with E-state index in [1.807, 2.05) is 35.2 Å². The number of amides is 1. The summed E-state index contributed by atoms with van der Waals surface area (Å²) in [6, 6.07) is 13.3. The van der Waals surface area contributed by atoms with Gasteiger partial charge in [0.25, 0.3) is 0 Å². The number of nitrogens with zero attached hydrogens (tertiary/aromatic N) is 4. The third kappa shape index (κ3) is 5.92. The van der Waals surface area contributed by atoms with Crippen molar-refractivity contribution in [3.63, 3.8) is 0 Å². The second-order valence-corrected chi connectivity index (χ2v) is 8.71. The molecule has 2 heterocycles. The van der Waals surface area contributed by atoms with Gasteiger partial charge in [-0.15, -0.1) is 0 Å². The summed E-state index contributed by atoms with van der Waals surface area (Å²) in [5.74, 6) is 2.89. The summed E-state index contributed by atoms with van der Waals surface area (Å²) in [5, 5.41) is 9.78. The van der Waals surface area contributed by atoms with E-state index in [1.54, 1.807) is 40.5 Å². The smallest absolute Gasteiger partial charge is 0.219 e. The average Bonchev–Trinajstić information content (AvgIpc) is 2.93. The van der Waals surface area contributed by atoms with Crippen LogP contribution in [0.4, 0.5) is 0 Å². The normalized spacial score (nSPS) is 13.5. The van der Waals surface area contributed by atoms with Gasteiger partial charge in [-0.05, 0) is 42.0 Å². The number of carbonyl (C=O) groups is 1. The molecule has 4 rings (SSSR count). The zero-order valence-electron chi connectivity index (χ0n) is 21.5. The van der Waals surface area contributed by atoms with Crippen LogP contribution in [0.2, 0.25) is 0 Å². The van der Waals surface area contributed by atoms with Crippen molar-refractivity contribution in [3.8, 4) is 40.3 Å². The number of nitriles is 1. The van der Waals surface area contributed by atoms with Crippen molar-refractivity contribution < 1.29 is 23.7 Å². The standard InChI is InChI=1S/C28H30N4O5/c1-18(33)32-11-8-22(9-12-32)37-24-6-5-20(16-21(24)17-29)23-7-10-30-27(31-23)15-19-13-25(34-2)28(36-4)26(14-19)35-3/h5-7,10,13-14,16,22H,8-9,11-12,15H2,1-4H3. The number of aromatic nitrogens is 2. The summed E-state index contributed by atoms with van der Waals surface area (Å²) in [6.07, 6.45) is 3.60. The molecule has 3 aromatic rings. The molecule has 0 spiro atoms. The Bertz CT molecular complexity index is 1290. The molecule has 0 atom stereocenters. The molecule has 1 amide bonds. The number of piperidine rings is 1. The quantitative estimate of drug-likeness (QED) is 0.455. The Balaban J connectivity index is 1.52. The molecule has 0 N–H and O–H groups in total. The fourth-order valence-corrected chi connectivity index (χ4v) is 4.41. The molecule has 37 heavy (non-hydrogen) atoms. The molecule has 0 aliphatic carbocycles. The minimum Gasteiger partial charge on any atom is -0.493 e. The summed E-state index contributed by atoms with van der Waals surface area (Å²) < 4.78 is 22.4. The maximum atomic E-state index is 11.6. The first kappa shape index (κ1) is 25.8. The molecule has 0 bridgehead atoms. The summed E-state index contributed by atoms with van der Waals surface area (Å²) in [7, 11) is 4.72. The Labute approximate surface area is 216 Å². The third-order valence-corrected chi connectivity index (χ3v) is 6.37. The highest BCUT2D eigenvalue weighted by molar-refractivity contribution is 5.73. The monoisotopic (exact) mass is 502 g/mol. The number of likely N-dealkylation sites (tertiary alicyclic amines) is 1. The number of carbonyl (C=O) groups excluding carboxylic acids is 1. The first-order valence-electron chi connectivity index (χ1n) is 12.0. The Hall–Kier alpha value is -4.32. The van der Waals surface area contributed by atoms with Crippen molar-refractivity contribution in [1.29, 1.82) is 5.26 Å². The topological polar surface area (TPSA) is 107 Å². The van der Waals surface area contributed by atoms with Crippen molar-refractivity contribution in [1.82, 2.24) is 14.9 Å². The van der Waals surface area contributed by atoms with E-state index in [-0.39, 0.29) is 12.0 Å². The highest BCUT2D eigenvalue weighted by Gasteiger charge is 2.23. The van der Waals surface area contributed by atoms with Crippen molar-refractivity contribution in [2.24, 2.45) is 0 Å². The summed E-state index contributed by atoms with van der Waals surface area (Å²) in [5.41, 5.74) is 2.85. The fourth-order valence-electron chi connectivity index (χ4n) is 4.41. The van der Waals surface area contributed by atoms with E-state index in [0.29, 0.717) is 59.6 Å². The van der Waals surface area contributed by atoms with Crippen LogP contribution in [0, 0.1) is 11.3 Å². The van der Waals surface area contributed by atoms with E-state index >= 15 is 0 Å². The van der Waals surface area contributed by atoms with Crippen LogP contribution in [0.5, 0.6) is 23.0 Å². The molecule has 1 saturated heterocycles. The van der Waals surface area contributed by atoms with E-state index in [1.165, 1.54) is 0 Å². The van der Waals surface area contributed by atoms with Crippen LogP contribution in [0.1, 0.15) is 36.7 Å². The number of benzene rings is 2. The first-order chi connectivity index (χ1) is 17.9. The molecule has 1 aliphatic heterocycles. The van der Waals surface area contributed by atoms with Gasteiger partial charge in [0.05, 0.1) is 32.6 Å². The van der Waals surface area contributed by atoms with Gasteiger partial charge in [0, 0.05) is 51.0 Å². The summed E-state index contributed by atoms with van der Waals surface area (Å²) in [6.45, 7) is 2.90. The van der Waals surface area contributed by atoms with Crippen LogP contribution in [0.15, 0.2) is 42.6 Å². The van der Waals surface area contributed by atoms with Crippen LogP contribution in [0.3, 0.4) is 0 Å². The summed E-state index contributed by atoms with van der Waals surface area (Å²) >= 11 is 0. The zero-order valence-corrected chi connectivity index (χ0v) is 21.5. The van der Waals surface area contributed by atoms with E-state index < -0.39 is 0 Å². The molecular weight excluding hydrogens is 472 g/mol. The predicted molar refractivity (Wildman–Crippen MR) is 137 cm³/mol. The SMILES string of the molecule is COc1cc(Cc2nccc(-c3ccc(OC4CCN(C(C)=O)CC4)c(C#N)c3)n2)cc(OC)c1OC. The molecule has 9 heteroatoms. The molecule has 1 aliphatic rings. The first-order valence-corrected chi connectivity index (χ1v) is 12.0. The second kappa shape index (κ2) is 11.6. The van der Waals surface area contributed by atoms with E-state index in [4.69, 9.17) is 23.9 Å². The molecule has 0 radical (unpaired) electrons. The molecule has 192 valence electrons. The minimum absolute atomic E-state index is 0.0299. The van der Waals surface area contributed by atoms with Crippen LogP contribution in [-0.2, 0) is 11.2 Å². The van der Waals surface area contributed by atoms with Gasteiger partial charge in [-0.2, -0.15) is 5.26 Å². The minimum atomic E-state index is -0.0299. The number of hydrogen-bond donors (Lipinski definition) is 0. The lowest BCUT2D eigenvalue weighted by Crippen LogP contribution is -2.40. The molecular formula is C28H30N4O5. The number of methoxy groups -OCH3 is 3. The van der Waals surface area contributed by atoms with Gasteiger partial charge >= 0.3 is 0 Å². The van der Waals surface area contributed by atoms with Crippen molar-refractivity contribution in [3.05, 3.63) is 59.5 Å².